The fourth-order valence-corrected chi connectivity index (χ4v) is 5.21. The topological polar surface area (TPSA) is 21.7 Å². The molecular formula is C31H39NO2Si. The number of allylic oxidation sites excluding steroid dienone is 1. The van der Waals surface area contributed by atoms with Gasteiger partial charge >= 0.3 is 0 Å². The predicted molar refractivity (Wildman–Crippen MR) is 149 cm³/mol. The second-order valence-electron chi connectivity index (χ2n) is 11.0. The summed E-state index contributed by atoms with van der Waals surface area (Å²) in [5, 5.41) is 0.144. The lowest BCUT2D eigenvalue weighted by Crippen LogP contribution is -2.44. The maximum atomic E-state index is 6.79. The number of rotatable bonds is 7. The van der Waals surface area contributed by atoms with Crippen molar-refractivity contribution in [1.29, 1.82) is 0 Å². The summed E-state index contributed by atoms with van der Waals surface area (Å²) >= 11 is 0. The van der Waals surface area contributed by atoms with Crippen LogP contribution in [-0.4, -0.2) is 32.9 Å². The minimum atomic E-state index is -1.96. The fourth-order valence-electron chi connectivity index (χ4n) is 4.15. The second-order valence-corrected chi connectivity index (χ2v) is 15.7. The molecule has 3 aromatic carbocycles. The van der Waals surface area contributed by atoms with E-state index < -0.39 is 8.32 Å². The van der Waals surface area contributed by atoms with E-state index in [2.05, 4.69) is 124 Å². The van der Waals surface area contributed by atoms with E-state index in [-0.39, 0.29) is 5.04 Å². The van der Waals surface area contributed by atoms with Crippen LogP contribution in [0.3, 0.4) is 0 Å². The largest absolute Gasteiger partial charge is 0.543 e. The molecule has 1 heterocycles. The molecule has 0 unspecified atom stereocenters. The Kier molecular flexibility index (Phi) is 7.83. The van der Waals surface area contributed by atoms with Gasteiger partial charge in [-0.3, -0.25) is 4.90 Å². The molecule has 0 radical (unpaired) electrons. The summed E-state index contributed by atoms with van der Waals surface area (Å²) in [7, 11) is -1.96. The quantitative estimate of drug-likeness (QED) is 0.322. The molecule has 1 aliphatic rings. The number of hydrogen-bond donors (Lipinski definition) is 0. The van der Waals surface area contributed by atoms with Crippen LogP contribution in [0.4, 0.5) is 0 Å². The van der Waals surface area contributed by atoms with E-state index in [1.54, 1.807) is 0 Å². The summed E-state index contributed by atoms with van der Waals surface area (Å²) in [5.74, 6) is 2.07. The third-order valence-electron chi connectivity index (χ3n) is 7.27. The Morgan fingerprint density at radius 1 is 0.886 bits per heavy atom. The summed E-state index contributed by atoms with van der Waals surface area (Å²) in [6.45, 7) is 14.9. The summed E-state index contributed by atoms with van der Waals surface area (Å²) < 4.78 is 13.1. The van der Waals surface area contributed by atoms with Crippen molar-refractivity contribution in [3.63, 3.8) is 0 Å². The van der Waals surface area contributed by atoms with Crippen LogP contribution >= 0.6 is 0 Å². The Balaban J connectivity index is 1.66. The van der Waals surface area contributed by atoms with E-state index in [0.717, 1.165) is 37.6 Å². The number of nitrogens with zero attached hydrogens (tertiary/aromatic N) is 1. The lowest BCUT2D eigenvalue weighted by molar-refractivity contribution is 0.0906. The average Bonchev–Trinajstić information content (AvgIpc) is 2.84. The van der Waals surface area contributed by atoms with E-state index in [4.69, 9.17) is 9.16 Å². The number of hydrogen-bond acceptors (Lipinski definition) is 3. The molecule has 0 N–H and O–H groups in total. The van der Waals surface area contributed by atoms with Gasteiger partial charge in [-0.25, -0.2) is 0 Å². The minimum Gasteiger partial charge on any atom is -0.543 e. The number of ether oxygens (including phenoxy) is 1. The maximum Gasteiger partial charge on any atom is 0.250 e. The van der Waals surface area contributed by atoms with Crippen molar-refractivity contribution in [2.24, 2.45) is 0 Å². The highest BCUT2D eigenvalue weighted by atomic mass is 28.4. The SMILES string of the molecule is CC(C)(C)[Si](C)(C)Oc1ccccc1C/C(=C1\CN(Cc2ccccc2)CCO1)c1ccccc1. The van der Waals surface area contributed by atoms with Gasteiger partial charge in [0.1, 0.15) is 18.1 Å². The molecule has 1 saturated heterocycles. The Morgan fingerprint density at radius 2 is 1.51 bits per heavy atom. The van der Waals surface area contributed by atoms with Gasteiger partial charge in [0, 0.05) is 25.1 Å². The zero-order valence-electron chi connectivity index (χ0n) is 21.9. The molecule has 0 aliphatic carbocycles. The molecule has 1 aliphatic heterocycles. The molecule has 4 rings (SSSR count). The lowest BCUT2D eigenvalue weighted by Gasteiger charge is -2.37. The standard InChI is InChI=1S/C31H39NO2Si/c1-31(2,3)35(4,5)34-29-19-13-12-18-27(29)22-28(26-16-10-7-11-17-26)30-24-32(20-21-33-30)23-25-14-8-6-9-15-25/h6-19H,20-24H2,1-5H3/b30-28-. The highest BCUT2D eigenvalue weighted by Crippen LogP contribution is 2.39. The van der Waals surface area contributed by atoms with Gasteiger partial charge in [0.2, 0.25) is 8.32 Å². The molecule has 35 heavy (non-hydrogen) atoms. The fraction of sp³-hybridized carbons (Fsp3) is 0.355. The van der Waals surface area contributed by atoms with E-state index in [1.807, 2.05) is 0 Å². The van der Waals surface area contributed by atoms with Crippen LogP contribution in [0.5, 0.6) is 5.75 Å². The summed E-state index contributed by atoms with van der Waals surface area (Å²) in [6, 6.07) is 29.9. The summed E-state index contributed by atoms with van der Waals surface area (Å²) in [6.07, 6.45) is 0.781. The van der Waals surface area contributed by atoms with Gasteiger partial charge < -0.3 is 9.16 Å². The zero-order valence-corrected chi connectivity index (χ0v) is 22.9. The lowest BCUT2D eigenvalue weighted by atomic mass is 9.96. The first kappa shape index (κ1) is 25.3. The third-order valence-corrected chi connectivity index (χ3v) is 11.6. The highest BCUT2D eigenvalue weighted by Gasteiger charge is 2.39. The van der Waals surface area contributed by atoms with E-state index in [9.17, 15) is 0 Å². The van der Waals surface area contributed by atoms with Crippen LogP contribution in [-0.2, 0) is 17.7 Å². The smallest absolute Gasteiger partial charge is 0.250 e. The van der Waals surface area contributed by atoms with Crippen molar-refractivity contribution in [3.8, 4) is 5.75 Å². The second kappa shape index (κ2) is 10.8. The molecule has 3 nitrogen and oxygen atoms in total. The van der Waals surface area contributed by atoms with Crippen molar-refractivity contribution in [3.05, 3.63) is 107 Å². The van der Waals surface area contributed by atoms with Crippen molar-refractivity contribution in [1.82, 2.24) is 4.90 Å². The molecule has 0 amide bonds. The van der Waals surface area contributed by atoms with E-state index in [0.29, 0.717) is 6.61 Å². The number of benzene rings is 3. The minimum absolute atomic E-state index is 0.144. The maximum absolute atomic E-state index is 6.79. The highest BCUT2D eigenvalue weighted by molar-refractivity contribution is 6.74. The molecule has 3 aromatic rings. The first-order chi connectivity index (χ1) is 16.7. The summed E-state index contributed by atoms with van der Waals surface area (Å²) in [5.41, 5.74) is 5.01. The zero-order chi connectivity index (χ0) is 24.9. The number of morpholine rings is 1. The summed E-state index contributed by atoms with van der Waals surface area (Å²) in [4.78, 5) is 2.48. The molecule has 0 atom stereocenters. The van der Waals surface area contributed by atoms with Gasteiger partial charge in [-0.15, -0.1) is 0 Å². The van der Waals surface area contributed by atoms with Gasteiger partial charge in [0.05, 0.1) is 6.54 Å². The van der Waals surface area contributed by atoms with Crippen LogP contribution < -0.4 is 4.43 Å². The predicted octanol–water partition coefficient (Wildman–Crippen LogP) is 7.56. The Morgan fingerprint density at radius 3 is 2.20 bits per heavy atom. The molecule has 0 saturated carbocycles. The molecule has 0 aromatic heterocycles. The first-order valence-corrected chi connectivity index (χ1v) is 15.6. The molecule has 184 valence electrons. The monoisotopic (exact) mass is 485 g/mol. The molecule has 4 heteroatoms. The normalized spacial score (nSPS) is 16.5. The molecule has 0 spiro atoms. The van der Waals surface area contributed by atoms with Crippen molar-refractivity contribution < 1.29 is 9.16 Å². The van der Waals surface area contributed by atoms with Gasteiger partial charge in [0.25, 0.3) is 0 Å². The van der Waals surface area contributed by atoms with Gasteiger partial charge in [-0.1, -0.05) is 99.6 Å². The first-order valence-electron chi connectivity index (χ1n) is 12.7. The number of para-hydroxylation sites is 1. The van der Waals surface area contributed by atoms with Crippen molar-refractivity contribution in [2.45, 2.75) is 51.9 Å². The Hall–Kier alpha value is -2.82. The van der Waals surface area contributed by atoms with Crippen LogP contribution in [0.2, 0.25) is 18.1 Å². The van der Waals surface area contributed by atoms with E-state index >= 15 is 0 Å². The van der Waals surface area contributed by atoms with Gasteiger partial charge in [0.15, 0.2) is 0 Å². The van der Waals surface area contributed by atoms with Crippen LogP contribution in [0.25, 0.3) is 5.57 Å². The van der Waals surface area contributed by atoms with Crippen molar-refractivity contribution in [2.75, 3.05) is 19.7 Å². The van der Waals surface area contributed by atoms with Gasteiger partial charge in [-0.2, -0.15) is 0 Å². The van der Waals surface area contributed by atoms with Crippen molar-refractivity contribution >= 4 is 13.9 Å². The van der Waals surface area contributed by atoms with Gasteiger partial charge in [-0.05, 0) is 40.9 Å². The molecular weight excluding hydrogens is 446 g/mol. The molecule has 1 fully saturated rings. The van der Waals surface area contributed by atoms with Crippen LogP contribution in [0, 0.1) is 0 Å². The average molecular weight is 486 g/mol. The van der Waals surface area contributed by atoms with Crippen LogP contribution in [0.15, 0.2) is 90.7 Å². The Labute approximate surface area is 212 Å². The Bertz CT molecular complexity index is 1130. The van der Waals surface area contributed by atoms with Crippen LogP contribution in [0.1, 0.15) is 37.5 Å². The van der Waals surface area contributed by atoms with E-state index in [1.165, 1.54) is 22.3 Å². The molecule has 0 bridgehead atoms. The third kappa shape index (κ3) is 6.44.